The molecule has 2 heteroatoms. The summed E-state index contributed by atoms with van der Waals surface area (Å²) in [6.07, 6.45) is 2.33. The van der Waals surface area contributed by atoms with E-state index >= 15 is 0 Å². The maximum absolute atomic E-state index is 6.03. The molecule has 0 fully saturated rings. The summed E-state index contributed by atoms with van der Waals surface area (Å²) >= 11 is 0. The van der Waals surface area contributed by atoms with Gasteiger partial charge in [0.15, 0.2) is 0 Å². The van der Waals surface area contributed by atoms with Crippen LogP contribution in [-0.2, 0) is 0 Å². The summed E-state index contributed by atoms with van der Waals surface area (Å²) in [4.78, 5) is 0. The van der Waals surface area contributed by atoms with Gasteiger partial charge in [0.25, 0.3) is 0 Å². The Morgan fingerprint density at radius 3 is 2.42 bits per heavy atom. The monoisotopic (exact) mass is 168 g/mol. The van der Waals surface area contributed by atoms with Crippen molar-refractivity contribution in [1.82, 2.24) is 0 Å². The van der Waals surface area contributed by atoms with E-state index in [0.717, 1.165) is 12.1 Å². The first-order valence-corrected chi connectivity index (χ1v) is 4.72. The molecule has 0 heterocycles. The Labute approximate surface area is 75.0 Å². The Morgan fingerprint density at radius 2 is 2.08 bits per heavy atom. The van der Waals surface area contributed by atoms with E-state index in [2.05, 4.69) is 20.8 Å². The van der Waals surface area contributed by atoms with E-state index in [1.165, 1.54) is 12.0 Å². The highest BCUT2D eigenvalue weighted by Crippen LogP contribution is 2.43. The average molecular weight is 168 g/mol. The molecule has 0 radical (unpaired) electrons. The second kappa shape index (κ2) is 3.09. The standard InChI is InChI=1S/C10H20N2/c1-4-7-5-10(2,3)9(12)8(7)6-11/h7H,4-6,11-12H2,1-3H3. The van der Waals surface area contributed by atoms with Gasteiger partial charge in [-0.15, -0.1) is 0 Å². The Hall–Kier alpha value is -0.500. The molecule has 1 aliphatic rings. The van der Waals surface area contributed by atoms with Gasteiger partial charge in [-0.3, -0.25) is 0 Å². The molecule has 0 saturated heterocycles. The minimum Gasteiger partial charge on any atom is -0.402 e. The first kappa shape index (κ1) is 9.59. The largest absolute Gasteiger partial charge is 0.402 e. The van der Waals surface area contributed by atoms with Gasteiger partial charge in [-0.05, 0) is 24.3 Å². The van der Waals surface area contributed by atoms with Gasteiger partial charge in [-0.1, -0.05) is 20.8 Å². The Morgan fingerprint density at radius 1 is 1.50 bits per heavy atom. The lowest BCUT2D eigenvalue weighted by molar-refractivity contribution is 0.380. The molecule has 1 atom stereocenters. The SMILES string of the molecule is CCC1CC(C)(C)C(N)=C1CN. The molecule has 0 bridgehead atoms. The molecule has 0 aliphatic heterocycles. The van der Waals surface area contributed by atoms with Crippen molar-refractivity contribution in [3.05, 3.63) is 11.3 Å². The quantitative estimate of drug-likeness (QED) is 0.658. The fourth-order valence-corrected chi connectivity index (χ4v) is 2.17. The van der Waals surface area contributed by atoms with Gasteiger partial charge >= 0.3 is 0 Å². The van der Waals surface area contributed by atoms with E-state index < -0.39 is 0 Å². The summed E-state index contributed by atoms with van der Waals surface area (Å²) in [6.45, 7) is 7.24. The second-order valence-electron chi connectivity index (χ2n) is 4.34. The Balaban J connectivity index is 2.93. The van der Waals surface area contributed by atoms with E-state index in [0.29, 0.717) is 12.5 Å². The second-order valence-corrected chi connectivity index (χ2v) is 4.34. The van der Waals surface area contributed by atoms with Crippen LogP contribution in [0.2, 0.25) is 0 Å². The third-order valence-corrected chi connectivity index (χ3v) is 3.04. The summed E-state index contributed by atoms with van der Waals surface area (Å²) in [5.41, 5.74) is 14.2. The zero-order valence-corrected chi connectivity index (χ0v) is 8.35. The van der Waals surface area contributed by atoms with Crippen molar-refractivity contribution in [3.63, 3.8) is 0 Å². The van der Waals surface area contributed by atoms with Crippen LogP contribution in [0.1, 0.15) is 33.6 Å². The van der Waals surface area contributed by atoms with Crippen LogP contribution < -0.4 is 11.5 Å². The van der Waals surface area contributed by atoms with Crippen LogP contribution in [0.4, 0.5) is 0 Å². The zero-order valence-electron chi connectivity index (χ0n) is 8.35. The molecule has 0 amide bonds. The van der Waals surface area contributed by atoms with Gasteiger partial charge in [-0.2, -0.15) is 0 Å². The molecule has 0 aromatic carbocycles. The third-order valence-electron chi connectivity index (χ3n) is 3.04. The lowest BCUT2D eigenvalue weighted by Gasteiger charge is -2.19. The maximum Gasteiger partial charge on any atom is 0.0159 e. The molecule has 1 aliphatic carbocycles. The van der Waals surface area contributed by atoms with Crippen LogP contribution in [0.5, 0.6) is 0 Å². The third kappa shape index (κ3) is 1.36. The van der Waals surface area contributed by atoms with Crippen molar-refractivity contribution >= 4 is 0 Å². The summed E-state index contributed by atoms with van der Waals surface area (Å²) in [6, 6.07) is 0. The normalized spacial score (nSPS) is 28.2. The summed E-state index contributed by atoms with van der Waals surface area (Å²) in [5, 5.41) is 0. The number of hydrogen-bond donors (Lipinski definition) is 2. The predicted molar refractivity (Wildman–Crippen MR) is 52.4 cm³/mol. The molecular formula is C10H20N2. The van der Waals surface area contributed by atoms with Crippen LogP contribution in [0.25, 0.3) is 0 Å². The summed E-state index contributed by atoms with van der Waals surface area (Å²) in [5.74, 6) is 0.630. The summed E-state index contributed by atoms with van der Waals surface area (Å²) < 4.78 is 0. The van der Waals surface area contributed by atoms with Crippen molar-refractivity contribution in [2.45, 2.75) is 33.6 Å². The molecule has 4 N–H and O–H groups in total. The first-order chi connectivity index (χ1) is 5.53. The molecule has 0 saturated carbocycles. The molecule has 1 rings (SSSR count). The van der Waals surface area contributed by atoms with Crippen molar-refractivity contribution in [2.24, 2.45) is 22.8 Å². The van der Waals surface area contributed by atoms with Gasteiger partial charge < -0.3 is 11.5 Å². The highest BCUT2D eigenvalue weighted by atomic mass is 14.7. The van der Waals surface area contributed by atoms with Crippen LogP contribution in [0.3, 0.4) is 0 Å². The minimum atomic E-state index is 0.176. The molecule has 70 valence electrons. The molecular weight excluding hydrogens is 148 g/mol. The number of allylic oxidation sites excluding steroid dienone is 1. The lowest BCUT2D eigenvalue weighted by atomic mass is 9.87. The fourth-order valence-electron chi connectivity index (χ4n) is 2.17. The molecule has 12 heavy (non-hydrogen) atoms. The van der Waals surface area contributed by atoms with Gasteiger partial charge in [0.2, 0.25) is 0 Å². The number of hydrogen-bond acceptors (Lipinski definition) is 2. The molecule has 2 nitrogen and oxygen atoms in total. The van der Waals surface area contributed by atoms with Crippen LogP contribution in [0, 0.1) is 11.3 Å². The molecule has 0 spiro atoms. The van der Waals surface area contributed by atoms with Crippen LogP contribution in [0.15, 0.2) is 11.3 Å². The van der Waals surface area contributed by atoms with E-state index in [1.54, 1.807) is 0 Å². The van der Waals surface area contributed by atoms with E-state index in [1.807, 2.05) is 0 Å². The van der Waals surface area contributed by atoms with Crippen molar-refractivity contribution < 1.29 is 0 Å². The van der Waals surface area contributed by atoms with Crippen molar-refractivity contribution in [1.29, 1.82) is 0 Å². The van der Waals surface area contributed by atoms with E-state index in [4.69, 9.17) is 11.5 Å². The lowest BCUT2D eigenvalue weighted by Crippen LogP contribution is -2.18. The molecule has 0 aromatic heterocycles. The Kier molecular flexibility index (Phi) is 2.47. The molecule has 0 aromatic rings. The topological polar surface area (TPSA) is 52.0 Å². The molecule has 1 unspecified atom stereocenters. The van der Waals surface area contributed by atoms with Crippen molar-refractivity contribution in [2.75, 3.05) is 6.54 Å². The number of nitrogens with two attached hydrogens (primary N) is 2. The predicted octanol–water partition coefficient (Wildman–Crippen LogP) is 1.61. The van der Waals surface area contributed by atoms with Crippen LogP contribution >= 0.6 is 0 Å². The smallest absolute Gasteiger partial charge is 0.0159 e. The first-order valence-electron chi connectivity index (χ1n) is 4.72. The zero-order chi connectivity index (χ0) is 9.35. The van der Waals surface area contributed by atoms with E-state index in [9.17, 15) is 0 Å². The highest BCUT2D eigenvalue weighted by molar-refractivity contribution is 5.27. The number of rotatable bonds is 2. The van der Waals surface area contributed by atoms with Gasteiger partial charge in [-0.25, -0.2) is 0 Å². The highest BCUT2D eigenvalue weighted by Gasteiger charge is 2.35. The van der Waals surface area contributed by atoms with Crippen molar-refractivity contribution in [3.8, 4) is 0 Å². The maximum atomic E-state index is 6.03. The average Bonchev–Trinajstić information content (AvgIpc) is 2.24. The van der Waals surface area contributed by atoms with Gasteiger partial charge in [0, 0.05) is 17.7 Å². The summed E-state index contributed by atoms with van der Waals surface area (Å²) in [7, 11) is 0. The van der Waals surface area contributed by atoms with Crippen LogP contribution in [-0.4, -0.2) is 6.54 Å². The Bertz CT molecular complexity index is 204. The van der Waals surface area contributed by atoms with Gasteiger partial charge in [0.1, 0.15) is 0 Å². The van der Waals surface area contributed by atoms with E-state index in [-0.39, 0.29) is 5.41 Å². The van der Waals surface area contributed by atoms with Gasteiger partial charge in [0.05, 0.1) is 0 Å². The minimum absolute atomic E-state index is 0.176. The fraction of sp³-hybridized carbons (Fsp3) is 0.800.